The first-order valence-electron chi connectivity index (χ1n) is 6.62. The predicted octanol–water partition coefficient (Wildman–Crippen LogP) is 4.36. The van der Waals surface area contributed by atoms with Crippen molar-refractivity contribution in [2.45, 2.75) is 13.5 Å². The summed E-state index contributed by atoms with van der Waals surface area (Å²) in [5.41, 5.74) is 3.17. The van der Waals surface area contributed by atoms with Gasteiger partial charge in [-0.3, -0.25) is 0 Å². The van der Waals surface area contributed by atoms with E-state index in [1.807, 2.05) is 36.4 Å². The third-order valence-electron chi connectivity index (χ3n) is 3.36. The molecule has 0 aliphatic heterocycles. The van der Waals surface area contributed by atoms with Crippen molar-refractivity contribution in [3.05, 3.63) is 59.9 Å². The third-order valence-corrected chi connectivity index (χ3v) is 3.36. The summed E-state index contributed by atoms with van der Waals surface area (Å²) in [4.78, 5) is 0. The molecule has 0 atom stereocenters. The Kier molecular flexibility index (Phi) is 3.33. The van der Waals surface area contributed by atoms with Crippen LogP contribution in [0.4, 0.5) is 5.69 Å². The molecule has 0 saturated carbocycles. The van der Waals surface area contributed by atoms with Crippen LogP contribution in [0.1, 0.15) is 11.3 Å². The molecule has 20 heavy (non-hydrogen) atoms. The van der Waals surface area contributed by atoms with E-state index in [1.54, 1.807) is 7.11 Å². The number of methoxy groups -OCH3 is 1. The van der Waals surface area contributed by atoms with E-state index in [1.165, 1.54) is 0 Å². The van der Waals surface area contributed by atoms with Gasteiger partial charge in [0.2, 0.25) is 0 Å². The van der Waals surface area contributed by atoms with E-state index >= 15 is 0 Å². The largest absolute Gasteiger partial charge is 0.497 e. The minimum absolute atomic E-state index is 0.669. The van der Waals surface area contributed by atoms with Crippen LogP contribution >= 0.6 is 0 Å². The van der Waals surface area contributed by atoms with Gasteiger partial charge in [0, 0.05) is 11.1 Å². The fourth-order valence-corrected chi connectivity index (χ4v) is 2.27. The smallest absolute Gasteiger partial charge is 0.134 e. The second kappa shape index (κ2) is 5.29. The number of ether oxygens (including phenoxy) is 1. The zero-order valence-electron chi connectivity index (χ0n) is 11.6. The van der Waals surface area contributed by atoms with E-state index < -0.39 is 0 Å². The van der Waals surface area contributed by atoms with Crippen molar-refractivity contribution in [1.82, 2.24) is 0 Å². The first-order chi connectivity index (χ1) is 9.76. The summed E-state index contributed by atoms with van der Waals surface area (Å²) in [5.74, 6) is 1.80. The number of aryl methyl sites for hydroxylation is 1. The van der Waals surface area contributed by atoms with Crippen molar-refractivity contribution in [3.8, 4) is 5.75 Å². The van der Waals surface area contributed by atoms with E-state index in [2.05, 4.69) is 24.4 Å². The van der Waals surface area contributed by atoms with Crippen LogP contribution in [0.2, 0.25) is 0 Å². The van der Waals surface area contributed by atoms with Gasteiger partial charge in [-0.25, -0.2) is 0 Å². The lowest BCUT2D eigenvalue weighted by molar-refractivity contribution is 0.414. The van der Waals surface area contributed by atoms with Gasteiger partial charge in [-0.1, -0.05) is 18.2 Å². The van der Waals surface area contributed by atoms with Gasteiger partial charge in [0.25, 0.3) is 0 Å². The molecule has 0 radical (unpaired) electrons. The zero-order valence-corrected chi connectivity index (χ0v) is 11.6. The number of furan rings is 1. The average molecular weight is 267 g/mol. The first kappa shape index (κ1) is 12.6. The van der Waals surface area contributed by atoms with Gasteiger partial charge < -0.3 is 14.5 Å². The molecule has 0 spiro atoms. The molecule has 0 unspecified atom stereocenters. The fourth-order valence-electron chi connectivity index (χ4n) is 2.27. The Balaban J connectivity index is 1.75. The summed E-state index contributed by atoms with van der Waals surface area (Å²) in [5, 5.41) is 4.53. The molecule has 3 rings (SSSR count). The van der Waals surface area contributed by atoms with E-state index in [0.717, 1.165) is 33.7 Å². The van der Waals surface area contributed by atoms with E-state index in [0.29, 0.717) is 6.54 Å². The molecule has 0 bridgehead atoms. The molecule has 0 aliphatic rings. The monoisotopic (exact) mass is 267 g/mol. The molecule has 1 heterocycles. The quantitative estimate of drug-likeness (QED) is 0.762. The summed E-state index contributed by atoms with van der Waals surface area (Å²) in [6.45, 7) is 2.73. The Hall–Kier alpha value is -2.42. The Labute approximate surface area is 118 Å². The molecule has 0 amide bonds. The Morgan fingerprint density at radius 1 is 1.10 bits per heavy atom. The zero-order chi connectivity index (χ0) is 13.9. The molecule has 0 saturated heterocycles. The van der Waals surface area contributed by atoms with Gasteiger partial charge in [-0.15, -0.1) is 0 Å². The first-order valence-corrected chi connectivity index (χ1v) is 6.62. The van der Waals surface area contributed by atoms with Crippen LogP contribution < -0.4 is 10.1 Å². The lowest BCUT2D eigenvalue weighted by Gasteiger charge is -2.09. The Morgan fingerprint density at radius 2 is 1.95 bits per heavy atom. The van der Waals surface area contributed by atoms with Gasteiger partial charge >= 0.3 is 0 Å². The van der Waals surface area contributed by atoms with E-state index in [9.17, 15) is 0 Å². The summed E-state index contributed by atoms with van der Waals surface area (Å²) < 4.78 is 11.0. The molecule has 2 aromatic carbocycles. The van der Waals surface area contributed by atoms with Crippen molar-refractivity contribution in [3.63, 3.8) is 0 Å². The van der Waals surface area contributed by atoms with Crippen LogP contribution in [0.15, 0.2) is 52.9 Å². The number of para-hydroxylation sites is 1. The second-order valence-electron chi connectivity index (χ2n) is 4.78. The highest BCUT2D eigenvalue weighted by Gasteiger charge is 2.04. The van der Waals surface area contributed by atoms with Crippen LogP contribution in [0.3, 0.4) is 0 Å². The van der Waals surface area contributed by atoms with Crippen molar-refractivity contribution in [2.75, 3.05) is 12.4 Å². The van der Waals surface area contributed by atoms with Crippen LogP contribution in [-0.4, -0.2) is 7.11 Å². The Bertz CT molecular complexity index is 698. The number of hydrogen-bond acceptors (Lipinski definition) is 3. The van der Waals surface area contributed by atoms with Crippen molar-refractivity contribution >= 4 is 16.7 Å². The normalized spacial score (nSPS) is 10.7. The predicted molar refractivity (Wildman–Crippen MR) is 81.3 cm³/mol. The fraction of sp³-hybridized carbons (Fsp3) is 0.176. The van der Waals surface area contributed by atoms with Crippen LogP contribution in [0.25, 0.3) is 11.0 Å². The highest BCUT2D eigenvalue weighted by molar-refractivity contribution is 5.77. The summed E-state index contributed by atoms with van der Waals surface area (Å²) in [6, 6.07) is 16.1. The standard InChI is InChI=1S/C17H17NO2/c1-12-9-14(19-2)7-8-16(12)18-11-15-10-13-5-3-4-6-17(13)20-15/h3-10,18H,11H2,1-2H3. The average Bonchev–Trinajstić information content (AvgIpc) is 2.88. The SMILES string of the molecule is COc1ccc(NCc2cc3ccccc3o2)c(C)c1. The molecule has 0 aliphatic carbocycles. The van der Waals surface area contributed by atoms with Crippen molar-refractivity contribution in [1.29, 1.82) is 0 Å². The van der Waals surface area contributed by atoms with Crippen molar-refractivity contribution < 1.29 is 9.15 Å². The van der Waals surface area contributed by atoms with Crippen LogP contribution in [0.5, 0.6) is 5.75 Å². The van der Waals surface area contributed by atoms with Gasteiger partial charge in [0.15, 0.2) is 0 Å². The molecular formula is C17H17NO2. The maximum atomic E-state index is 5.79. The van der Waals surface area contributed by atoms with Gasteiger partial charge in [-0.2, -0.15) is 0 Å². The number of nitrogens with one attached hydrogen (secondary N) is 1. The highest BCUT2D eigenvalue weighted by atomic mass is 16.5. The van der Waals surface area contributed by atoms with Crippen LogP contribution in [-0.2, 0) is 6.54 Å². The molecule has 3 heteroatoms. The van der Waals surface area contributed by atoms with Gasteiger partial charge in [0.05, 0.1) is 13.7 Å². The number of rotatable bonds is 4. The second-order valence-corrected chi connectivity index (χ2v) is 4.78. The number of anilines is 1. The summed E-state index contributed by atoms with van der Waals surface area (Å²) in [7, 11) is 1.68. The molecule has 1 aromatic heterocycles. The minimum atomic E-state index is 0.669. The number of benzene rings is 2. The maximum Gasteiger partial charge on any atom is 0.134 e. The topological polar surface area (TPSA) is 34.4 Å². The Morgan fingerprint density at radius 3 is 2.70 bits per heavy atom. The molecule has 102 valence electrons. The maximum absolute atomic E-state index is 5.79. The minimum Gasteiger partial charge on any atom is -0.497 e. The molecule has 0 fully saturated rings. The van der Waals surface area contributed by atoms with Gasteiger partial charge in [-0.05, 0) is 42.8 Å². The van der Waals surface area contributed by atoms with E-state index in [-0.39, 0.29) is 0 Å². The summed E-state index contributed by atoms with van der Waals surface area (Å²) >= 11 is 0. The molecule has 3 aromatic rings. The molecule has 1 N–H and O–H groups in total. The lowest BCUT2D eigenvalue weighted by atomic mass is 10.2. The van der Waals surface area contributed by atoms with Crippen molar-refractivity contribution in [2.24, 2.45) is 0 Å². The lowest BCUT2D eigenvalue weighted by Crippen LogP contribution is -2.00. The number of fused-ring (bicyclic) bond motifs is 1. The molecular weight excluding hydrogens is 250 g/mol. The number of hydrogen-bond donors (Lipinski definition) is 1. The molecule has 3 nitrogen and oxygen atoms in total. The highest BCUT2D eigenvalue weighted by Crippen LogP contribution is 2.23. The van der Waals surface area contributed by atoms with Crippen LogP contribution in [0, 0.1) is 6.92 Å². The van der Waals surface area contributed by atoms with E-state index in [4.69, 9.17) is 9.15 Å². The summed E-state index contributed by atoms with van der Waals surface area (Å²) in [6.07, 6.45) is 0. The van der Waals surface area contributed by atoms with Gasteiger partial charge in [0.1, 0.15) is 17.1 Å². The third kappa shape index (κ3) is 2.48.